The highest BCUT2D eigenvalue weighted by atomic mass is 16.7. The summed E-state index contributed by atoms with van der Waals surface area (Å²) in [5, 5.41) is 3.52. The van der Waals surface area contributed by atoms with Crippen LogP contribution in [0.4, 0.5) is 0 Å². The number of hydrogen-bond donors (Lipinski definition) is 1. The van der Waals surface area contributed by atoms with E-state index in [1.165, 1.54) is 37.1 Å². The van der Waals surface area contributed by atoms with Gasteiger partial charge in [0.15, 0.2) is 11.5 Å². The summed E-state index contributed by atoms with van der Waals surface area (Å²) in [5.74, 6) is 1.82. The van der Waals surface area contributed by atoms with Gasteiger partial charge < -0.3 is 14.8 Å². The number of ether oxygens (including phenoxy) is 2. The molecule has 0 unspecified atom stereocenters. The molecule has 1 aromatic rings. The van der Waals surface area contributed by atoms with Crippen molar-refractivity contribution < 1.29 is 9.47 Å². The summed E-state index contributed by atoms with van der Waals surface area (Å²) in [5.41, 5.74) is 2.79. The van der Waals surface area contributed by atoms with Crippen LogP contribution >= 0.6 is 0 Å². The average Bonchev–Trinajstić information content (AvgIpc) is 3.06. The zero-order chi connectivity index (χ0) is 11.9. The Morgan fingerprint density at radius 3 is 2.72 bits per heavy atom. The van der Waals surface area contributed by atoms with Gasteiger partial charge in [-0.15, -0.1) is 0 Å². The predicted molar refractivity (Wildman–Crippen MR) is 67.8 cm³/mol. The molecule has 0 saturated carbocycles. The van der Waals surface area contributed by atoms with Gasteiger partial charge in [0.05, 0.1) is 0 Å². The zero-order valence-corrected chi connectivity index (χ0v) is 10.4. The van der Waals surface area contributed by atoms with Gasteiger partial charge >= 0.3 is 0 Å². The van der Waals surface area contributed by atoms with Crippen molar-refractivity contribution in [2.75, 3.05) is 26.4 Å². The standard InChI is InChI=1S/C14H18N2O2/c1-2-4-16(3-1)12-8-15-7-10-5-13-14(6-11(10)12)18-9-17-13/h5-6,12,15H,1-4,7-9H2/t12-/m1/s1. The van der Waals surface area contributed by atoms with Crippen LogP contribution in [-0.4, -0.2) is 31.3 Å². The van der Waals surface area contributed by atoms with Crippen molar-refractivity contribution in [1.29, 1.82) is 0 Å². The Balaban J connectivity index is 1.73. The van der Waals surface area contributed by atoms with E-state index in [2.05, 4.69) is 22.3 Å². The van der Waals surface area contributed by atoms with E-state index in [4.69, 9.17) is 9.47 Å². The van der Waals surface area contributed by atoms with Gasteiger partial charge in [0.1, 0.15) is 0 Å². The number of benzene rings is 1. The molecule has 1 fully saturated rings. The van der Waals surface area contributed by atoms with Crippen molar-refractivity contribution in [3.8, 4) is 11.5 Å². The van der Waals surface area contributed by atoms with Crippen molar-refractivity contribution in [3.05, 3.63) is 23.3 Å². The molecule has 1 N–H and O–H groups in total. The molecule has 4 rings (SSSR count). The number of nitrogens with one attached hydrogen (secondary N) is 1. The molecule has 0 amide bonds. The fraction of sp³-hybridized carbons (Fsp3) is 0.571. The lowest BCUT2D eigenvalue weighted by molar-refractivity contribution is 0.173. The third kappa shape index (κ3) is 1.60. The maximum absolute atomic E-state index is 5.51. The number of nitrogens with zero attached hydrogens (tertiary/aromatic N) is 1. The highest BCUT2D eigenvalue weighted by Crippen LogP contribution is 2.39. The second-order valence-corrected chi connectivity index (χ2v) is 5.29. The van der Waals surface area contributed by atoms with Gasteiger partial charge in [-0.2, -0.15) is 0 Å². The third-order valence-corrected chi connectivity index (χ3v) is 4.23. The summed E-state index contributed by atoms with van der Waals surface area (Å²) in [6.45, 7) is 4.80. The molecule has 3 aliphatic heterocycles. The minimum absolute atomic E-state index is 0.361. The largest absolute Gasteiger partial charge is 0.454 e. The Bertz CT molecular complexity index is 469. The Morgan fingerprint density at radius 1 is 1.11 bits per heavy atom. The molecule has 0 aromatic heterocycles. The molecule has 4 heteroatoms. The van der Waals surface area contributed by atoms with E-state index in [0.29, 0.717) is 12.8 Å². The molecular formula is C14H18N2O2. The molecule has 0 aliphatic carbocycles. The first-order chi connectivity index (χ1) is 8.92. The molecule has 1 aromatic carbocycles. The molecule has 0 spiro atoms. The normalized spacial score (nSPS) is 26.3. The molecule has 4 nitrogen and oxygen atoms in total. The lowest BCUT2D eigenvalue weighted by atomic mass is 9.95. The topological polar surface area (TPSA) is 33.7 Å². The summed E-state index contributed by atoms with van der Waals surface area (Å²) >= 11 is 0. The monoisotopic (exact) mass is 246 g/mol. The van der Waals surface area contributed by atoms with Crippen LogP contribution in [0.2, 0.25) is 0 Å². The molecule has 0 radical (unpaired) electrons. The predicted octanol–water partition coefficient (Wildman–Crippen LogP) is 1.66. The van der Waals surface area contributed by atoms with Crippen molar-refractivity contribution in [3.63, 3.8) is 0 Å². The number of rotatable bonds is 1. The van der Waals surface area contributed by atoms with Gasteiger partial charge in [0.2, 0.25) is 6.79 Å². The molecule has 1 atom stereocenters. The molecule has 0 bridgehead atoms. The van der Waals surface area contributed by atoms with Crippen LogP contribution in [0.3, 0.4) is 0 Å². The van der Waals surface area contributed by atoms with E-state index >= 15 is 0 Å². The van der Waals surface area contributed by atoms with E-state index in [1.807, 2.05) is 0 Å². The SMILES string of the molecule is c1c2c(cc3c1OCO3)[C@H](N1CCCC1)CNC2. The van der Waals surface area contributed by atoms with Crippen molar-refractivity contribution in [2.45, 2.75) is 25.4 Å². The van der Waals surface area contributed by atoms with Crippen molar-refractivity contribution >= 4 is 0 Å². The second-order valence-electron chi connectivity index (χ2n) is 5.29. The van der Waals surface area contributed by atoms with Crippen LogP contribution in [0.25, 0.3) is 0 Å². The number of hydrogen-bond acceptors (Lipinski definition) is 4. The summed E-state index contributed by atoms with van der Waals surface area (Å²) in [6, 6.07) is 4.85. The third-order valence-electron chi connectivity index (χ3n) is 4.23. The molecule has 3 aliphatic rings. The average molecular weight is 246 g/mol. The zero-order valence-electron chi connectivity index (χ0n) is 10.4. The summed E-state index contributed by atoms with van der Waals surface area (Å²) in [4.78, 5) is 2.59. The lowest BCUT2D eigenvalue weighted by Gasteiger charge is -2.33. The van der Waals surface area contributed by atoms with Gasteiger partial charge in [-0.25, -0.2) is 0 Å². The minimum atomic E-state index is 0.361. The second kappa shape index (κ2) is 4.14. The van der Waals surface area contributed by atoms with E-state index < -0.39 is 0 Å². The fourth-order valence-electron chi connectivity index (χ4n) is 3.30. The summed E-state index contributed by atoms with van der Waals surface area (Å²) < 4.78 is 11.0. The van der Waals surface area contributed by atoms with Gasteiger partial charge in [-0.05, 0) is 49.2 Å². The Kier molecular flexibility index (Phi) is 2.45. The van der Waals surface area contributed by atoms with E-state index in [0.717, 1.165) is 24.6 Å². The maximum Gasteiger partial charge on any atom is 0.231 e. The van der Waals surface area contributed by atoms with Crippen LogP contribution in [0.5, 0.6) is 11.5 Å². The van der Waals surface area contributed by atoms with Gasteiger partial charge in [-0.3, -0.25) is 4.90 Å². The van der Waals surface area contributed by atoms with Crippen LogP contribution < -0.4 is 14.8 Å². The minimum Gasteiger partial charge on any atom is -0.454 e. The van der Waals surface area contributed by atoms with Crippen molar-refractivity contribution in [2.24, 2.45) is 0 Å². The van der Waals surface area contributed by atoms with Crippen LogP contribution in [0.1, 0.15) is 30.0 Å². The van der Waals surface area contributed by atoms with Crippen LogP contribution in [-0.2, 0) is 6.54 Å². The number of fused-ring (bicyclic) bond motifs is 2. The highest BCUT2D eigenvalue weighted by Gasteiger charge is 2.30. The molecule has 3 heterocycles. The highest BCUT2D eigenvalue weighted by molar-refractivity contribution is 5.50. The first-order valence-electron chi connectivity index (χ1n) is 6.79. The van der Waals surface area contributed by atoms with Gasteiger partial charge in [0, 0.05) is 19.1 Å². The first kappa shape index (κ1) is 10.6. The first-order valence-corrected chi connectivity index (χ1v) is 6.79. The Hall–Kier alpha value is -1.26. The van der Waals surface area contributed by atoms with Crippen molar-refractivity contribution in [1.82, 2.24) is 10.2 Å². The van der Waals surface area contributed by atoms with Gasteiger partial charge in [0.25, 0.3) is 0 Å². The van der Waals surface area contributed by atoms with Gasteiger partial charge in [-0.1, -0.05) is 0 Å². The molecular weight excluding hydrogens is 228 g/mol. The van der Waals surface area contributed by atoms with E-state index in [9.17, 15) is 0 Å². The maximum atomic E-state index is 5.51. The Morgan fingerprint density at radius 2 is 1.89 bits per heavy atom. The summed E-state index contributed by atoms with van der Waals surface area (Å²) in [7, 11) is 0. The van der Waals surface area contributed by atoms with E-state index in [-0.39, 0.29) is 0 Å². The molecule has 96 valence electrons. The smallest absolute Gasteiger partial charge is 0.231 e. The lowest BCUT2D eigenvalue weighted by Crippen LogP contribution is -2.38. The summed E-state index contributed by atoms with van der Waals surface area (Å²) in [6.07, 6.45) is 2.66. The molecule has 18 heavy (non-hydrogen) atoms. The quantitative estimate of drug-likeness (QED) is 0.817. The van der Waals surface area contributed by atoms with E-state index in [1.54, 1.807) is 0 Å². The van der Waals surface area contributed by atoms with Crippen LogP contribution in [0, 0.1) is 0 Å². The Labute approximate surface area is 107 Å². The number of likely N-dealkylation sites (tertiary alicyclic amines) is 1. The van der Waals surface area contributed by atoms with Crippen LogP contribution in [0.15, 0.2) is 12.1 Å². The molecule has 1 saturated heterocycles. The fourth-order valence-corrected chi connectivity index (χ4v) is 3.30.